The Morgan fingerprint density at radius 3 is 2.19 bits per heavy atom. The van der Waals surface area contributed by atoms with Crippen LogP contribution in [0.3, 0.4) is 0 Å². The van der Waals surface area contributed by atoms with Gasteiger partial charge in [-0.25, -0.2) is 4.79 Å². The summed E-state index contributed by atoms with van der Waals surface area (Å²) >= 11 is 0. The minimum atomic E-state index is -0.436. The van der Waals surface area contributed by atoms with Crippen LogP contribution in [0.5, 0.6) is 0 Å². The maximum Gasteiger partial charge on any atom is 0.410 e. The Kier molecular flexibility index (Phi) is 6.05. The van der Waals surface area contributed by atoms with Crippen molar-refractivity contribution in [2.75, 3.05) is 32.7 Å². The fourth-order valence-corrected chi connectivity index (χ4v) is 2.81. The highest BCUT2D eigenvalue weighted by atomic mass is 16.6. The molecule has 1 fully saturated rings. The first kappa shape index (κ1) is 18.2. The molecular formula is C16H33N3O2. The number of carbonyl (C=O) groups excluding carboxylic acids is 1. The molecule has 5 heteroatoms. The molecule has 1 rings (SSSR count). The van der Waals surface area contributed by atoms with Gasteiger partial charge in [-0.3, -0.25) is 4.90 Å². The molecule has 0 spiro atoms. The van der Waals surface area contributed by atoms with Crippen LogP contribution < -0.4 is 5.73 Å². The van der Waals surface area contributed by atoms with E-state index >= 15 is 0 Å². The molecule has 0 aliphatic carbocycles. The third kappa shape index (κ3) is 5.83. The number of nitrogens with two attached hydrogens (primary N) is 1. The molecule has 0 aromatic carbocycles. The lowest BCUT2D eigenvalue weighted by Gasteiger charge is -2.39. The van der Waals surface area contributed by atoms with Gasteiger partial charge in [0.1, 0.15) is 5.60 Å². The summed E-state index contributed by atoms with van der Waals surface area (Å²) in [6.07, 6.45) is 0.760. The van der Waals surface area contributed by atoms with Gasteiger partial charge in [0.25, 0.3) is 0 Å². The Bertz CT molecular complexity index is 344. The van der Waals surface area contributed by atoms with Crippen LogP contribution in [0.25, 0.3) is 0 Å². The quantitative estimate of drug-likeness (QED) is 0.850. The van der Waals surface area contributed by atoms with E-state index in [2.05, 4.69) is 25.7 Å². The second kappa shape index (κ2) is 6.97. The maximum atomic E-state index is 12.2. The number of nitrogens with zero attached hydrogens (tertiary/aromatic N) is 2. The van der Waals surface area contributed by atoms with Crippen molar-refractivity contribution in [2.24, 2.45) is 11.1 Å². The van der Waals surface area contributed by atoms with E-state index in [9.17, 15) is 4.79 Å². The van der Waals surface area contributed by atoms with E-state index in [1.54, 1.807) is 0 Å². The summed E-state index contributed by atoms with van der Waals surface area (Å²) in [6, 6.07) is 0.344. The molecule has 1 aliphatic heterocycles. The van der Waals surface area contributed by atoms with E-state index < -0.39 is 5.60 Å². The smallest absolute Gasteiger partial charge is 0.410 e. The minimum Gasteiger partial charge on any atom is -0.444 e. The Hall–Kier alpha value is -0.810. The number of hydrogen-bond donors (Lipinski definition) is 1. The van der Waals surface area contributed by atoms with Crippen LogP contribution >= 0.6 is 0 Å². The Morgan fingerprint density at radius 2 is 1.71 bits per heavy atom. The summed E-state index contributed by atoms with van der Waals surface area (Å²) < 4.78 is 5.47. The van der Waals surface area contributed by atoms with Crippen molar-refractivity contribution in [3.05, 3.63) is 0 Å². The van der Waals surface area contributed by atoms with Crippen LogP contribution in [-0.4, -0.2) is 60.3 Å². The lowest BCUT2D eigenvalue weighted by molar-refractivity contribution is 0.0250. The van der Waals surface area contributed by atoms with E-state index in [0.29, 0.717) is 19.1 Å². The molecular weight excluding hydrogens is 266 g/mol. The van der Waals surface area contributed by atoms with Crippen molar-refractivity contribution in [2.45, 2.75) is 59.6 Å². The van der Waals surface area contributed by atoms with E-state index in [1.165, 1.54) is 0 Å². The summed E-state index contributed by atoms with van der Waals surface area (Å²) in [5, 5.41) is 0. The number of hydrogen-bond acceptors (Lipinski definition) is 4. The topological polar surface area (TPSA) is 58.8 Å². The number of rotatable bonds is 2. The maximum absolute atomic E-state index is 12.2. The molecule has 1 saturated heterocycles. The molecule has 2 N–H and O–H groups in total. The van der Waals surface area contributed by atoms with Crippen molar-refractivity contribution >= 4 is 6.09 Å². The van der Waals surface area contributed by atoms with Gasteiger partial charge in [0.2, 0.25) is 0 Å². The van der Waals surface area contributed by atoms with Gasteiger partial charge < -0.3 is 15.4 Å². The average Bonchev–Trinajstić information content (AvgIpc) is 2.51. The van der Waals surface area contributed by atoms with Crippen LogP contribution in [0.15, 0.2) is 0 Å². The molecule has 124 valence electrons. The molecule has 0 saturated carbocycles. The van der Waals surface area contributed by atoms with Crippen LogP contribution in [0, 0.1) is 5.41 Å². The average molecular weight is 299 g/mol. The zero-order valence-corrected chi connectivity index (χ0v) is 14.6. The van der Waals surface area contributed by atoms with Crippen molar-refractivity contribution in [1.82, 2.24) is 9.80 Å². The van der Waals surface area contributed by atoms with Gasteiger partial charge in [0.15, 0.2) is 0 Å². The van der Waals surface area contributed by atoms with Gasteiger partial charge in [0.05, 0.1) is 0 Å². The Labute approximate surface area is 129 Å². The van der Waals surface area contributed by atoms with E-state index in [0.717, 1.165) is 26.1 Å². The molecule has 5 nitrogen and oxygen atoms in total. The lowest BCUT2D eigenvalue weighted by Crippen LogP contribution is -2.50. The molecule has 1 atom stereocenters. The van der Waals surface area contributed by atoms with Crippen LogP contribution in [-0.2, 0) is 4.74 Å². The highest BCUT2D eigenvalue weighted by molar-refractivity contribution is 5.68. The van der Waals surface area contributed by atoms with E-state index in [1.807, 2.05) is 25.7 Å². The first-order valence-corrected chi connectivity index (χ1v) is 7.96. The predicted molar refractivity (Wildman–Crippen MR) is 86.3 cm³/mol. The summed E-state index contributed by atoms with van der Waals surface area (Å²) in [7, 11) is 0. The van der Waals surface area contributed by atoms with Crippen LogP contribution in [0.1, 0.15) is 48.0 Å². The summed E-state index contributed by atoms with van der Waals surface area (Å²) in [6.45, 7) is 16.3. The standard InChI is InChI=1S/C16H33N3O2/c1-15(2,3)13(12-17)18-8-7-9-19(11-10-18)14(20)21-16(4,5)6/h13H,7-12,17H2,1-6H3. The van der Waals surface area contributed by atoms with Crippen molar-refractivity contribution in [3.8, 4) is 0 Å². The van der Waals surface area contributed by atoms with Crippen LogP contribution in [0.4, 0.5) is 4.79 Å². The fraction of sp³-hybridized carbons (Fsp3) is 0.938. The second-order valence-corrected chi connectivity index (χ2v) is 7.97. The van der Waals surface area contributed by atoms with Crippen molar-refractivity contribution in [3.63, 3.8) is 0 Å². The van der Waals surface area contributed by atoms with Gasteiger partial charge in [-0.2, -0.15) is 0 Å². The molecule has 0 bridgehead atoms. The molecule has 0 radical (unpaired) electrons. The van der Waals surface area contributed by atoms with E-state index in [4.69, 9.17) is 10.5 Å². The zero-order chi connectivity index (χ0) is 16.3. The van der Waals surface area contributed by atoms with Crippen molar-refractivity contribution in [1.29, 1.82) is 0 Å². The Morgan fingerprint density at radius 1 is 1.10 bits per heavy atom. The predicted octanol–water partition coefficient (Wildman–Crippen LogP) is 2.30. The largest absolute Gasteiger partial charge is 0.444 e. The number of ether oxygens (including phenoxy) is 1. The second-order valence-electron chi connectivity index (χ2n) is 7.97. The highest BCUT2D eigenvalue weighted by Gasteiger charge is 2.31. The molecule has 1 unspecified atom stereocenters. The SMILES string of the molecule is CC(C)(C)OC(=O)N1CCCN(C(CN)C(C)(C)C)CC1. The molecule has 1 amide bonds. The van der Waals surface area contributed by atoms with E-state index in [-0.39, 0.29) is 11.5 Å². The third-order valence-corrected chi connectivity index (χ3v) is 3.85. The van der Waals surface area contributed by atoms with Gasteiger partial charge in [-0.05, 0) is 32.6 Å². The van der Waals surface area contributed by atoms with Gasteiger partial charge >= 0.3 is 6.09 Å². The molecule has 1 heterocycles. The molecule has 0 aromatic rings. The molecule has 1 aliphatic rings. The van der Waals surface area contributed by atoms with Gasteiger partial charge in [0, 0.05) is 38.8 Å². The Balaban J connectivity index is 2.63. The fourth-order valence-electron chi connectivity index (χ4n) is 2.81. The first-order valence-electron chi connectivity index (χ1n) is 7.96. The monoisotopic (exact) mass is 299 g/mol. The van der Waals surface area contributed by atoms with Crippen LogP contribution in [0.2, 0.25) is 0 Å². The normalized spacial score (nSPS) is 20.0. The third-order valence-electron chi connectivity index (χ3n) is 3.85. The first-order chi connectivity index (χ1) is 9.54. The molecule has 21 heavy (non-hydrogen) atoms. The number of amides is 1. The summed E-state index contributed by atoms with van der Waals surface area (Å²) in [5.74, 6) is 0. The van der Waals surface area contributed by atoms with Gasteiger partial charge in [-0.15, -0.1) is 0 Å². The lowest BCUT2D eigenvalue weighted by atomic mass is 9.85. The molecule has 0 aromatic heterocycles. The van der Waals surface area contributed by atoms with Gasteiger partial charge in [-0.1, -0.05) is 20.8 Å². The summed E-state index contributed by atoms with van der Waals surface area (Å²) in [4.78, 5) is 16.4. The zero-order valence-electron chi connectivity index (χ0n) is 14.6. The summed E-state index contributed by atoms with van der Waals surface area (Å²) in [5.41, 5.74) is 5.68. The highest BCUT2D eigenvalue weighted by Crippen LogP contribution is 2.25. The van der Waals surface area contributed by atoms with Crippen molar-refractivity contribution < 1.29 is 9.53 Å². The number of carbonyl (C=O) groups is 1. The minimum absolute atomic E-state index is 0.149.